The molecule has 3 aromatic rings. The maximum atomic E-state index is 13.6. The topological polar surface area (TPSA) is 80.9 Å². The van der Waals surface area contributed by atoms with Crippen LogP contribution in [0, 0.1) is 11.6 Å². The lowest BCUT2D eigenvalue weighted by molar-refractivity contribution is -0.115. The van der Waals surface area contributed by atoms with Crippen LogP contribution in [0.5, 0.6) is 0 Å². The molecule has 170 valence electrons. The van der Waals surface area contributed by atoms with Gasteiger partial charge in [0.05, 0.1) is 23.5 Å². The highest BCUT2D eigenvalue weighted by atomic mass is 19.2. The van der Waals surface area contributed by atoms with E-state index in [0.717, 1.165) is 79.0 Å². The zero-order valence-electron chi connectivity index (χ0n) is 18.3. The van der Waals surface area contributed by atoms with E-state index in [0.29, 0.717) is 11.4 Å². The van der Waals surface area contributed by atoms with Gasteiger partial charge in [-0.1, -0.05) is 31.4 Å². The molecule has 3 N–H and O–H groups in total. The van der Waals surface area contributed by atoms with Gasteiger partial charge in [-0.25, -0.2) is 18.7 Å². The van der Waals surface area contributed by atoms with E-state index < -0.39 is 11.6 Å². The van der Waals surface area contributed by atoms with Crippen LogP contribution in [-0.2, 0) is 24.1 Å². The molecule has 0 aliphatic heterocycles. The third-order valence-electron chi connectivity index (χ3n) is 6.61. The number of halogens is 2. The number of rotatable bonds is 4. The van der Waals surface area contributed by atoms with E-state index in [4.69, 9.17) is 15.7 Å². The van der Waals surface area contributed by atoms with Crippen molar-refractivity contribution in [1.82, 2.24) is 9.97 Å². The molecule has 5 rings (SSSR count). The number of hydrogen-bond acceptors (Lipinski definition) is 4. The minimum atomic E-state index is -0.962. The second-order valence-corrected chi connectivity index (χ2v) is 8.98. The number of amides is 1. The van der Waals surface area contributed by atoms with Crippen molar-refractivity contribution in [2.24, 2.45) is 0 Å². The summed E-state index contributed by atoms with van der Waals surface area (Å²) >= 11 is 0. The fraction of sp³-hybridized carbons (Fsp3) is 0.346. The summed E-state index contributed by atoms with van der Waals surface area (Å²) < 4.78 is 26.8. The third-order valence-corrected chi connectivity index (χ3v) is 6.61. The van der Waals surface area contributed by atoms with E-state index in [2.05, 4.69) is 5.32 Å². The van der Waals surface area contributed by atoms with Gasteiger partial charge in [-0.2, -0.15) is 0 Å². The van der Waals surface area contributed by atoms with Crippen LogP contribution < -0.4 is 11.1 Å². The molecule has 0 radical (unpaired) electrons. The number of benzene rings is 2. The number of nitrogen functional groups attached to an aromatic ring is 1. The van der Waals surface area contributed by atoms with Crippen LogP contribution in [0.4, 0.5) is 20.3 Å². The van der Waals surface area contributed by atoms with Gasteiger partial charge in [0.2, 0.25) is 5.91 Å². The highest BCUT2D eigenvalue weighted by Gasteiger charge is 2.27. The number of nitrogens with zero attached hydrogens (tertiary/aromatic N) is 2. The quantitative estimate of drug-likeness (QED) is 0.529. The molecule has 0 spiro atoms. The molecule has 2 aliphatic carbocycles. The predicted molar refractivity (Wildman–Crippen MR) is 124 cm³/mol. The van der Waals surface area contributed by atoms with Crippen LogP contribution >= 0.6 is 0 Å². The molecule has 7 heteroatoms. The summed E-state index contributed by atoms with van der Waals surface area (Å²) in [6, 6.07) is 9.39. The Morgan fingerprint density at radius 2 is 1.82 bits per heavy atom. The number of aromatic nitrogens is 2. The van der Waals surface area contributed by atoms with Gasteiger partial charge in [0.25, 0.3) is 0 Å². The summed E-state index contributed by atoms with van der Waals surface area (Å²) in [5.74, 6) is -1.49. The van der Waals surface area contributed by atoms with Crippen molar-refractivity contribution < 1.29 is 13.6 Å². The Balaban J connectivity index is 1.49. The predicted octanol–water partition coefficient (Wildman–Crippen LogP) is 5.33. The Hall–Kier alpha value is -3.35. The average molecular weight is 449 g/mol. The van der Waals surface area contributed by atoms with Crippen molar-refractivity contribution in [1.29, 1.82) is 0 Å². The Morgan fingerprint density at radius 1 is 1.00 bits per heavy atom. The Bertz CT molecular complexity index is 1220. The van der Waals surface area contributed by atoms with Crippen LogP contribution in [0.3, 0.4) is 0 Å². The number of nitrogens with one attached hydrogen (secondary N) is 1. The molecule has 2 aliphatic rings. The minimum Gasteiger partial charge on any atom is -0.399 e. The molecule has 5 nitrogen and oxygen atoms in total. The summed E-state index contributed by atoms with van der Waals surface area (Å²) in [6.07, 6.45) is 6.93. The maximum absolute atomic E-state index is 13.6. The van der Waals surface area contributed by atoms with Gasteiger partial charge in [0.1, 0.15) is 0 Å². The van der Waals surface area contributed by atoms with Gasteiger partial charge in [-0.3, -0.25) is 4.79 Å². The van der Waals surface area contributed by atoms with Crippen molar-refractivity contribution >= 4 is 17.4 Å². The summed E-state index contributed by atoms with van der Waals surface area (Å²) in [5.41, 5.74) is 11.9. The summed E-state index contributed by atoms with van der Waals surface area (Å²) in [7, 11) is 0. The number of aryl methyl sites for hydroxylation is 2. The zero-order valence-corrected chi connectivity index (χ0v) is 18.3. The van der Waals surface area contributed by atoms with Crippen molar-refractivity contribution in [2.75, 3.05) is 11.1 Å². The molecular weight excluding hydrogens is 422 g/mol. The van der Waals surface area contributed by atoms with E-state index in [1.165, 1.54) is 18.1 Å². The van der Waals surface area contributed by atoms with Crippen LogP contribution in [-0.4, -0.2) is 15.9 Å². The maximum Gasteiger partial charge on any atom is 0.229 e. The van der Waals surface area contributed by atoms with E-state index >= 15 is 0 Å². The number of carbonyl (C=O) groups is 1. The molecule has 0 atom stereocenters. The SMILES string of the molecule is Nc1ccc2c(c1)CCc1nc(NC(=O)Cc3ccc(F)c(F)c3)c(C3CCCCC3)nc1-2. The van der Waals surface area contributed by atoms with E-state index in [-0.39, 0.29) is 18.2 Å². The van der Waals surface area contributed by atoms with Crippen LogP contribution in [0.1, 0.15) is 60.5 Å². The number of carbonyl (C=O) groups excluding carboxylic acids is 1. The lowest BCUT2D eigenvalue weighted by Gasteiger charge is -2.26. The Morgan fingerprint density at radius 3 is 2.61 bits per heavy atom. The molecule has 0 bridgehead atoms. The highest BCUT2D eigenvalue weighted by Crippen LogP contribution is 2.39. The molecule has 1 amide bonds. The largest absolute Gasteiger partial charge is 0.399 e. The molecule has 1 saturated carbocycles. The van der Waals surface area contributed by atoms with Gasteiger partial charge in [-0.15, -0.1) is 0 Å². The van der Waals surface area contributed by atoms with Gasteiger partial charge < -0.3 is 11.1 Å². The second kappa shape index (κ2) is 8.89. The van der Waals surface area contributed by atoms with E-state index in [1.54, 1.807) is 0 Å². The number of fused-ring (bicyclic) bond motifs is 3. The fourth-order valence-electron chi connectivity index (χ4n) is 4.94. The van der Waals surface area contributed by atoms with Crippen LogP contribution in [0.2, 0.25) is 0 Å². The third kappa shape index (κ3) is 4.45. The van der Waals surface area contributed by atoms with Crippen molar-refractivity contribution in [3.8, 4) is 11.3 Å². The van der Waals surface area contributed by atoms with Crippen LogP contribution in [0.25, 0.3) is 11.3 Å². The number of anilines is 2. The Labute approximate surface area is 191 Å². The lowest BCUT2D eigenvalue weighted by atomic mass is 9.85. The van der Waals surface area contributed by atoms with Gasteiger partial charge >= 0.3 is 0 Å². The fourth-order valence-corrected chi connectivity index (χ4v) is 4.94. The molecule has 33 heavy (non-hydrogen) atoms. The second-order valence-electron chi connectivity index (χ2n) is 8.98. The van der Waals surface area contributed by atoms with Gasteiger partial charge in [-0.05, 0) is 61.1 Å². The minimum absolute atomic E-state index is 0.0673. The van der Waals surface area contributed by atoms with Crippen molar-refractivity contribution in [2.45, 2.75) is 57.3 Å². The smallest absolute Gasteiger partial charge is 0.229 e. The molecular formula is C26H26F2N4O. The van der Waals surface area contributed by atoms with Crippen molar-refractivity contribution in [3.63, 3.8) is 0 Å². The summed E-state index contributed by atoms with van der Waals surface area (Å²) in [5, 5.41) is 2.92. The first-order chi connectivity index (χ1) is 16.0. The lowest BCUT2D eigenvalue weighted by Crippen LogP contribution is -2.21. The molecule has 2 aromatic carbocycles. The van der Waals surface area contributed by atoms with Gasteiger partial charge in [0.15, 0.2) is 17.5 Å². The summed E-state index contributed by atoms with van der Waals surface area (Å²) in [6.45, 7) is 0. The van der Waals surface area contributed by atoms with E-state index in [1.807, 2.05) is 18.2 Å². The van der Waals surface area contributed by atoms with Crippen LogP contribution in [0.15, 0.2) is 36.4 Å². The van der Waals surface area contributed by atoms with Gasteiger partial charge in [0, 0.05) is 17.2 Å². The molecule has 0 saturated heterocycles. The average Bonchev–Trinajstić information content (AvgIpc) is 2.81. The first kappa shape index (κ1) is 21.5. The van der Waals surface area contributed by atoms with E-state index in [9.17, 15) is 13.6 Å². The standard InChI is InChI=1S/C26H26F2N4O/c27-20-10-6-15(12-21(20)28)13-23(33)31-26-24(16-4-2-1-3-5-16)32-25-19-9-8-18(29)14-17(19)7-11-22(25)30-26/h6,8-10,12,14,16H,1-5,7,11,13,29H2,(H,30,31,33). The molecule has 1 aromatic heterocycles. The molecule has 1 heterocycles. The first-order valence-electron chi connectivity index (χ1n) is 11.5. The Kier molecular flexibility index (Phi) is 5.79. The number of hydrogen-bond donors (Lipinski definition) is 2. The first-order valence-corrected chi connectivity index (χ1v) is 11.5. The normalized spacial score (nSPS) is 15.6. The number of nitrogens with two attached hydrogens (primary N) is 1. The molecule has 1 fully saturated rings. The van der Waals surface area contributed by atoms with Crippen molar-refractivity contribution in [3.05, 3.63) is 70.5 Å². The highest BCUT2D eigenvalue weighted by molar-refractivity contribution is 5.92. The summed E-state index contributed by atoms with van der Waals surface area (Å²) in [4.78, 5) is 22.7. The zero-order chi connectivity index (χ0) is 22.9. The molecule has 0 unspecified atom stereocenters. The monoisotopic (exact) mass is 448 g/mol.